The number of carbonyl (C=O) groups is 1. The van der Waals surface area contributed by atoms with Crippen molar-refractivity contribution in [2.75, 3.05) is 0 Å². The predicted octanol–water partition coefficient (Wildman–Crippen LogP) is 4.58. The second-order valence-corrected chi connectivity index (χ2v) is 6.83. The van der Waals surface area contributed by atoms with Gasteiger partial charge in [-0.3, -0.25) is 4.79 Å². The van der Waals surface area contributed by atoms with Crippen LogP contribution in [-0.4, -0.2) is 20.4 Å². The molecule has 0 atom stereocenters. The van der Waals surface area contributed by atoms with Crippen LogP contribution >= 0.6 is 0 Å². The maximum absolute atomic E-state index is 13.3. The van der Waals surface area contributed by atoms with Crippen LogP contribution in [0.1, 0.15) is 29.3 Å². The van der Waals surface area contributed by atoms with E-state index >= 15 is 0 Å². The normalized spacial score (nSPS) is 11.0. The molecule has 146 valence electrons. The Morgan fingerprint density at radius 3 is 2.79 bits per heavy atom. The fourth-order valence-electron chi connectivity index (χ4n) is 3.35. The number of nitrogens with zero attached hydrogens (tertiary/aromatic N) is 3. The van der Waals surface area contributed by atoms with Gasteiger partial charge in [0.2, 0.25) is 0 Å². The van der Waals surface area contributed by atoms with Gasteiger partial charge in [-0.1, -0.05) is 31.2 Å². The van der Waals surface area contributed by atoms with Crippen LogP contribution in [0.3, 0.4) is 0 Å². The van der Waals surface area contributed by atoms with Crippen molar-refractivity contribution in [1.29, 1.82) is 0 Å². The number of halogens is 1. The lowest BCUT2D eigenvalue weighted by Gasteiger charge is -2.09. The monoisotopic (exact) mass is 388 g/mol. The van der Waals surface area contributed by atoms with Gasteiger partial charge in [-0.05, 0) is 48.4 Å². The largest absolute Gasteiger partial charge is 0.348 e. The molecule has 0 bridgehead atoms. The number of fused-ring (bicyclic) bond motifs is 1. The number of aromatic nitrogens is 3. The number of benzene rings is 2. The van der Waals surface area contributed by atoms with E-state index in [1.807, 2.05) is 30.3 Å². The van der Waals surface area contributed by atoms with Gasteiger partial charge < -0.3 is 9.88 Å². The van der Waals surface area contributed by atoms with Gasteiger partial charge in [0.25, 0.3) is 5.91 Å². The lowest BCUT2D eigenvalue weighted by Crippen LogP contribution is -2.22. The molecule has 29 heavy (non-hydrogen) atoms. The number of hydrogen-bond donors (Lipinski definition) is 1. The molecule has 2 aromatic carbocycles. The topological polar surface area (TPSA) is 59.8 Å². The number of hydrogen-bond acceptors (Lipinski definition) is 3. The van der Waals surface area contributed by atoms with Crippen LogP contribution in [0.15, 0.2) is 66.9 Å². The van der Waals surface area contributed by atoms with E-state index in [1.54, 1.807) is 24.4 Å². The molecule has 0 saturated carbocycles. The van der Waals surface area contributed by atoms with Crippen LogP contribution in [0, 0.1) is 5.82 Å². The van der Waals surface area contributed by atoms with Crippen molar-refractivity contribution in [2.24, 2.45) is 0 Å². The highest BCUT2D eigenvalue weighted by molar-refractivity contribution is 5.95. The molecule has 4 aromatic rings. The molecule has 0 aliphatic carbocycles. The number of imidazole rings is 1. The Hall–Kier alpha value is -3.54. The average molecular weight is 388 g/mol. The molecular weight excluding hydrogens is 367 g/mol. The molecule has 1 amide bonds. The van der Waals surface area contributed by atoms with E-state index in [4.69, 9.17) is 4.98 Å². The van der Waals surface area contributed by atoms with E-state index in [-0.39, 0.29) is 18.3 Å². The Morgan fingerprint density at radius 2 is 1.97 bits per heavy atom. The molecule has 0 unspecified atom stereocenters. The Kier molecular flexibility index (Phi) is 5.33. The summed E-state index contributed by atoms with van der Waals surface area (Å²) in [4.78, 5) is 21.8. The molecule has 0 aliphatic rings. The van der Waals surface area contributed by atoms with E-state index in [2.05, 4.69) is 21.8 Å². The average Bonchev–Trinajstić information content (AvgIpc) is 3.11. The van der Waals surface area contributed by atoms with Crippen LogP contribution in [0.4, 0.5) is 4.39 Å². The number of nitrogens with one attached hydrogen (secondary N) is 1. The first-order valence-corrected chi connectivity index (χ1v) is 9.60. The van der Waals surface area contributed by atoms with E-state index in [0.717, 1.165) is 35.5 Å². The third-order valence-electron chi connectivity index (χ3n) is 4.68. The molecule has 2 aromatic heterocycles. The van der Waals surface area contributed by atoms with Crippen LogP contribution in [0.5, 0.6) is 0 Å². The van der Waals surface area contributed by atoms with Crippen molar-refractivity contribution in [3.63, 3.8) is 0 Å². The molecule has 2 heterocycles. The molecular formula is C23H21FN4O. The van der Waals surface area contributed by atoms with Crippen LogP contribution in [0.25, 0.3) is 22.6 Å². The van der Waals surface area contributed by atoms with Crippen molar-refractivity contribution in [3.05, 3.63) is 83.8 Å². The first-order valence-electron chi connectivity index (χ1n) is 9.60. The summed E-state index contributed by atoms with van der Waals surface area (Å²) in [6.07, 6.45) is 2.71. The SMILES string of the molecule is CCCn1c(-c2cccc(C(=O)NCc3cccc(F)c3)c2)nc2cccnc21. The molecule has 0 radical (unpaired) electrons. The quantitative estimate of drug-likeness (QED) is 0.526. The predicted molar refractivity (Wildman–Crippen MR) is 111 cm³/mol. The Balaban J connectivity index is 1.61. The zero-order chi connectivity index (χ0) is 20.2. The lowest BCUT2D eigenvalue weighted by molar-refractivity contribution is 0.0951. The molecule has 0 fully saturated rings. The first kappa shape index (κ1) is 18.8. The van der Waals surface area contributed by atoms with Gasteiger partial charge in [0.1, 0.15) is 17.2 Å². The number of aryl methyl sites for hydroxylation is 1. The third-order valence-corrected chi connectivity index (χ3v) is 4.68. The van der Waals surface area contributed by atoms with Crippen molar-refractivity contribution in [2.45, 2.75) is 26.4 Å². The van der Waals surface area contributed by atoms with Crippen molar-refractivity contribution in [3.8, 4) is 11.4 Å². The highest BCUT2D eigenvalue weighted by Crippen LogP contribution is 2.25. The Bertz CT molecular complexity index is 1170. The minimum atomic E-state index is -0.317. The molecule has 5 nitrogen and oxygen atoms in total. The van der Waals surface area contributed by atoms with Gasteiger partial charge in [0.15, 0.2) is 5.65 Å². The van der Waals surface area contributed by atoms with Crippen LogP contribution < -0.4 is 5.32 Å². The summed E-state index contributed by atoms with van der Waals surface area (Å²) < 4.78 is 15.4. The first-order chi connectivity index (χ1) is 14.2. The summed E-state index contributed by atoms with van der Waals surface area (Å²) in [6, 6.07) is 17.4. The summed E-state index contributed by atoms with van der Waals surface area (Å²) >= 11 is 0. The summed E-state index contributed by atoms with van der Waals surface area (Å²) in [7, 11) is 0. The lowest BCUT2D eigenvalue weighted by atomic mass is 10.1. The van der Waals surface area contributed by atoms with Gasteiger partial charge in [-0.15, -0.1) is 0 Å². The fraction of sp³-hybridized carbons (Fsp3) is 0.174. The van der Waals surface area contributed by atoms with Gasteiger partial charge in [0.05, 0.1) is 0 Å². The van der Waals surface area contributed by atoms with E-state index in [1.165, 1.54) is 12.1 Å². The van der Waals surface area contributed by atoms with Crippen molar-refractivity contribution >= 4 is 17.1 Å². The number of carbonyl (C=O) groups excluding carboxylic acids is 1. The smallest absolute Gasteiger partial charge is 0.251 e. The maximum Gasteiger partial charge on any atom is 0.251 e. The fourth-order valence-corrected chi connectivity index (χ4v) is 3.35. The van der Waals surface area contributed by atoms with Gasteiger partial charge in [0, 0.05) is 30.4 Å². The molecule has 0 saturated heterocycles. The zero-order valence-corrected chi connectivity index (χ0v) is 16.1. The van der Waals surface area contributed by atoms with E-state index in [0.29, 0.717) is 11.1 Å². The van der Waals surface area contributed by atoms with Crippen molar-refractivity contribution < 1.29 is 9.18 Å². The molecule has 1 N–H and O–H groups in total. The molecule has 6 heteroatoms. The maximum atomic E-state index is 13.3. The summed E-state index contributed by atoms with van der Waals surface area (Å²) in [5.74, 6) is 0.259. The standard InChI is InChI=1S/C23H21FN4O/c1-2-12-28-21(27-20-10-5-11-25-22(20)28)17-7-4-8-18(14-17)23(29)26-15-16-6-3-9-19(24)13-16/h3-11,13-14H,2,12,15H2,1H3,(H,26,29). The summed E-state index contributed by atoms with van der Waals surface area (Å²) in [6.45, 7) is 3.16. The van der Waals surface area contributed by atoms with Gasteiger partial charge in [-0.25, -0.2) is 14.4 Å². The van der Waals surface area contributed by atoms with Gasteiger partial charge >= 0.3 is 0 Å². The van der Waals surface area contributed by atoms with Crippen LogP contribution in [0.2, 0.25) is 0 Å². The zero-order valence-electron chi connectivity index (χ0n) is 16.1. The third kappa shape index (κ3) is 4.01. The molecule has 0 aliphatic heterocycles. The van der Waals surface area contributed by atoms with Crippen LogP contribution in [-0.2, 0) is 13.1 Å². The van der Waals surface area contributed by atoms with E-state index in [9.17, 15) is 9.18 Å². The number of rotatable bonds is 6. The second kappa shape index (κ2) is 8.22. The second-order valence-electron chi connectivity index (χ2n) is 6.83. The van der Waals surface area contributed by atoms with E-state index < -0.39 is 0 Å². The highest BCUT2D eigenvalue weighted by Gasteiger charge is 2.14. The number of amides is 1. The Morgan fingerprint density at radius 1 is 1.10 bits per heavy atom. The highest BCUT2D eigenvalue weighted by atomic mass is 19.1. The molecule has 4 rings (SSSR count). The number of pyridine rings is 1. The minimum Gasteiger partial charge on any atom is -0.348 e. The minimum absolute atomic E-state index is 0.215. The van der Waals surface area contributed by atoms with Gasteiger partial charge in [-0.2, -0.15) is 0 Å². The summed E-state index contributed by atoms with van der Waals surface area (Å²) in [5.41, 5.74) is 3.77. The molecule has 0 spiro atoms. The Labute approximate surface area is 168 Å². The van der Waals surface area contributed by atoms with Crippen molar-refractivity contribution in [1.82, 2.24) is 19.9 Å². The summed E-state index contributed by atoms with van der Waals surface area (Å²) in [5, 5.41) is 2.84.